The molecule has 0 unspecified atom stereocenters. The third-order valence-corrected chi connectivity index (χ3v) is 6.19. The van der Waals surface area contributed by atoms with Crippen LogP contribution in [-0.4, -0.2) is 58.3 Å². The summed E-state index contributed by atoms with van der Waals surface area (Å²) in [6.07, 6.45) is -1.00. The molecule has 1 saturated heterocycles. The van der Waals surface area contributed by atoms with Gasteiger partial charge in [-0.25, -0.2) is 9.69 Å². The number of urea groups is 1. The summed E-state index contributed by atoms with van der Waals surface area (Å²) in [6, 6.07) is 8.89. The van der Waals surface area contributed by atoms with Gasteiger partial charge in [0.1, 0.15) is 30.5 Å². The standard InChI is InChI=1S/C23H25ClIN3O6/c1-12(2)20(21(31)26-18-8-5-14(25)9-17(18)24)28-22(32)19(27-23(28)33)13-3-6-16(7-4-13)34-11-15(30)10-29/h3-9,12,15,19-20,29-30H,10-11H2,1-2H3,(H,26,31)(H,27,33)/t15-,19+,20-/m0/s1. The average Bonchev–Trinajstić information content (AvgIpc) is 3.08. The number of aliphatic hydroxyl groups is 2. The summed E-state index contributed by atoms with van der Waals surface area (Å²) in [4.78, 5) is 40.0. The molecule has 34 heavy (non-hydrogen) atoms. The first-order chi connectivity index (χ1) is 16.1. The summed E-state index contributed by atoms with van der Waals surface area (Å²) in [6.45, 7) is 3.00. The lowest BCUT2D eigenvalue weighted by Crippen LogP contribution is -2.50. The van der Waals surface area contributed by atoms with Crippen LogP contribution in [0.15, 0.2) is 42.5 Å². The molecule has 1 heterocycles. The Bertz CT molecular complexity index is 1070. The lowest BCUT2D eigenvalue weighted by atomic mass is 10.0. The molecule has 4 N–H and O–H groups in total. The number of hydrogen-bond donors (Lipinski definition) is 4. The third-order valence-electron chi connectivity index (χ3n) is 5.20. The van der Waals surface area contributed by atoms with Crippen molar-refractivity contribution in [2.45, 2.75) is 32.0 Å². The molecule has 2 aromatic rings. The van der Waals surface area contributed by atoms with E-state index in [4.69, 9.17) is 21.4 Å². The lowest BCUT2D eigenvalue weighted by Gasteiger charge is -2.27. The number of benzene rings is 2. The van der Waals surface area contributed by atoms with Crippen LogP contribution in [0.5, 0.6) is 5.75 Å². The zero-order valence-electron chi connectivity index (χ0n) is 18.5. The van der Waals surface area contributed by atoms with Gasteiger partial charge in [0.15, 0.2) is 0 Å². The highest BCUT2D eigenvalue weighted by Gasteiger charge is 2.46. The lowest BCUT2D eigenvalue weighted by molar-refractivity contribution is -0.135. The fraction of sp³-hybridized carbons (Fsp3) is 0.348. The molecule has 1 fully saturated rings. The summed E-state index contributed by atoms with van der Waals surface area (Å²) in [5.41, 5.74) is 0.905. The van der Waals surface area contributed by atoms with Crippen LogP contribution in [-0.2, 0) is 9.59 Å². The molecular formula is C23H25ClIN3O6. The van der Waals surface area contributed by atoms with E-state index in [1.165, 1.54) is 0 Å². The summed E-state index contributed by atoms with van der Waals surface area (Å²) in [5.74, 6) is -0.992. The van der Waals surface area contributed by atoms with Crippen LogP contribution in [0.4, 0.5) is 10.5 Å². The summed E-state index contributed by atoms with van der Waals surface area (Å²) in [7, 11) is 0. The van der Waals surface area contributed by atoms with E-state index in [0.717, 1.165) is 8.47 Å². The second-order valence-corrected chi connectivity index (χ2v) is 9.76. The molecule has 1 aliphatic heterocycles. The number of carbonyl (C=O) groups excluding carboxylic acids is 3. The Morgan fingerprint density at radius 1 is 1.24 bits per heavy atom. The van der Waals surface area contributed by atoms with Crippen molar-refractivity contribution in [2.75, 3.05) is 18.5 Å². The Kier molecular flexibility index (Phi) is 8.74. The van der Waals surface area contributed by atoms with Crippen LogP contribution in [0.1, 0.15) is 25.5 Å². The molecule has 11 heteroatoms. The van der Waals surface area contributed by atoms with Gasteiger partial charge >= 0.3 is 6.03 Å². The Balaban J connectivity index is 1.76. The molecule has 2 aromatic carbocycles. The van der Waals surface area contributed by atoms with E-state index in [1.807, 2.05) is 0 Å². The highest BCUT2D eigenvalue weighted by molar-refractivity contribution is 14.1. The number of nitrogens with zero attached hydrogens (tertiary/aromatic N) is 1. The minimum Gasteiger partial charge on any atom is -0.491 e. The Morgan fingerprint density at radius 2 is 1.91 bits per heavy atom. The van der Waals surface area contributed by atoms with Crippen molar-refractivity contribution in [3.63, 3.8) is 0 Å². The molecule has 0 spiro atoms. The Labute approximate surface area is 215 Å². The highest BCUT2D eigenvalue weighted by Crippen LogP contribution is 2.29. The minimum absolute atomic E-state index is 0.0848. The molecule has 0 radical (unpaired) electrons. The first-order valence-electron chi connectivity index (χ1n) is 10.5. The van der Waals surface area contributed by atoms with Crippen LogP contribution in [0, 0.1) is 9.49 Å². The van der Waals surface area contributed by atoms with Gasteiger partial charge in [0.05, 0.1) is 17.3 Å². The molecule has 0 aliphatic carbocycles. The van der Waals surface area contributed by atoms with E-state index in [1.54, 1.807) is 56.3 Å². The Morgan fingerprint density at radius 3 is 2.50 bits per heavy atom. The number of halogens is 2. The number of amides is 4. The number of rotatable bonds is 9. The Hall–Kier alpha value is -2.41. The van der Waals surface area contributed by atoms with Gasteiger partial charge in [0.2, 0.25) is 5.91 Å². The van der Waals surface area contributed by atoms with Crippen molar-refractivity contribution in [1.82, 2.24) is 10.2 Å². The van der Waals surface area contributed by atoms with Gasteiger partial charge in [-0.15, -0.1) is 0 Å². The maximum atomic E-state index is 13.2. The third kappa shape index (κ3) is 5.98. The fourth-order valence-corrected chi connectivity index (χ4v) is 4.40. The fourth-order valence-electron chi connectivity index (χ4n) is 3.50. The number of aliphatic hydroxyl groups excluding tert-OH is 2. The number of ether oxygens (including phenoxy) is 1. The number of hydrogen-bond acceptors (Lipinski definition) is 6. The van der Waals surface area contributed by atoms with Crippen LogP contribution in [0.2, 0.25) is 5.02 Å². The number of carbonyl (C=O) groups is 3. The van der Waals surface area contributed by atoms with Crippen LogP contribution in [0.25, 0.3) is 0 Å². The smallest absolute Gasteiger partial charge is 0.325 e. The van der Waals surface area contributed by atoms with Gasteiger partial charge in [-0.2, -0.15) is 0 Å². The molecule has 0 aromatic heterocycles. The van der Waals surface area contributed by atoms with Crippen LogP contribution < -0.4 is 15.4 Å². The normalized spacial score (nSPS) is 17.5. The van der Waals surface area contributed by atoms with Gasteiger partial charge in [0.25, 0.3) is 5.91 Å². The highest BCUT2D eigenvalue weighted by atomic mass is 127. The second-order valence-electron chi connectivity index (χ2n) is 8.11. The van der Waals surface area contributed by atoms with Crippen LogP contribution >= 0.6 is 34.2 Å². The molecule has 3 rings (SSSR count). The van der Waals surface area contributed by atoms with Crippen LogP contribution in [0.3, 0.4) is 0 Å². The molecule has 182 valence electrons. The zero-order chi connectivity index (χ0) is 25.0. The van der Waals surface area contributed by atoms with Crippen molar-refractivity contribution in [3.8, 4) is 5.75 Å². The maximum absolute atomic E-state index is 13.2. The van der Waals surface area contributed by atoms with Gasteiger partial charge in [-0.3, -0.25) is 9.59 Å². The predicted molar refractivity (Wildman–Crippen MR) is 135 cm³/mol. The van der Waals surface area contributed by atoms with Gasteiger partial charge in [-0.1, -0.05) is 37.6 Å². The maximum Gasteiger partial charge on any atom is 0.325 e. The van der Waals surface area contributed by atoms with E-state index in [-0.39, 0.29) is 12.5 Å². The van der Waals surface area contributed by atoms with E-state index < -0.39 is 42.6 Å². The van der Waals surface area contributed by atoms with E-state index in [2.05, 4.69) is 33.2 Å². The van der Waals surface area contributed by atoms with Crippen molar-refractivity contribution < 1.29 is 29.3 Å². The van der Waals surface area contributed by atoms with E-state index in [9.17, 15) is 19.5 Å². The van der Waals surface area contributed by atoms with E-state index >= 15 is 0 Å². The summed E-state index contributed by atoms with van der Waals surface area (Å²) >= 11 is 8.33. The van der Waals surface area contributed by atoms with Gasteiger partial charge in [-0.05, 0) is 64.4 Å². The largest absolute Gasteiger partial charge is 0.491 e. The second kappa shape index (κ2) is 11.3. The molecular weight excluding hydrogens is 577 g/mol. The minimum atomic E-state index is -1.05. The first kappa shape index (κ1) is 26.2. The quantitative estimate of drug-likeness (QED) is 0.259. The van der Waals surface area contributed by atoms with E-state index in [0.29, 0.717) is 22.0 Å². The predicted octanol–water partition coefficient (Wildman–Crippen LogP) is 2.93. The molecule has 0 saturated carbocycles. The topological polar surface area (TPSA) is 128 Å². The van der Waals surface area contributed by atoms with Crippen molar-refractivity contribution in [1.29, 1.82) is 0 Å². The zero-order valence-corrected chi connectivity index (χ0v) is 21.4. The molecule has 1 aliphatic rings. The number of nitrogens with one attached hydrogen (secondary N) is 2. The molecule has 4 amide bonds. The van der Waals surface area contributed by atoms with Crippen molar-refractivity contribution in [3.05, 3.63) is 56.6 Å². The van der Waals surface area contributed by atoms with Gasteiger partial charge < -0.3 is 25.6 Å². The molecule has 9 nitrogen and oxygen atoms in total. The SMILES string of the molecule is CC(C)[C@@H](C(=O)Nc1ccc(I)cc1Cl)N1C(=O)N[C@H](c2ccc(OC[C@@H](O)CO)cc2)C1=O. The van der Waals surface area contributed by atoms with Crippen molar-refractivity contribution in [2.24, 2.45) is 5.92 Å². The van der Waals surface area contributed by atoms with Gasteiger partial charge in [0, 0.05) is 3.57 Å². The number of imide groups is 1. The monoisotopic (exact) mass is 601 g/mol. The summed E-state index contributed by atoms with van der Waals surface area (Å²) in [5, 5.41) is 24.0. The molecule has 0 bridgehead atoms. The van der Waals surface area contributed by atoms with Crippen molar-refractivity contribution >= 4 is 57.7 Å². The average molecular weight is 602 g/mol. The first-order valence-corrected chi connectivity index (χ1v) is 12.0. The molecule has 3 atom stereocenters. The number of anilines is 1. The summed E-state index contributed by atoms with van der Waals surface area (Å²) < 4.78 is 6.27.